The van der Waals surface area contributed by atoms with Crippen LogP contribution in [0, 0.1) is 0 Å². The lowest BCUT2D eigenvalue weighted by molar-refractivity contribution is -0.784. The van der Waals surface area contributed by atoms with Gasteiger partial charge in [-0.15, -0.1) is 0 Å². The first-order chi connectivity index (χ1) is 13.1. The molecule has 0 aromatic rings. The molecule has 0 N–H and O–H groups in total. The minimum Gasteiger partial charge on any atom is -1.00 e. The van der Waals surface area contributed by atoms with E-state index in [1.54, 1.807) is 0 Å². The summed E-state index contributed by atoms with van der Waals surface area (Å²) in [5, 5.41) is 0. The fourth-order valence-electron chi connectivity index (χ4n) is 3.53. The fourth-order valence-corrected chi connectivity index (χ4v) is 3.53. The molecular formula is C26H52ClN. The third-order valence-electron chi connectivity index (χ3n) is 5.43. The van der Waals surface area contributed by atoms with Crippen molar-refractivity contribution in [3.05, 3.63) is 24.6 Å². The summed E-state index contributed by atoms with van der Waals surface area (Å²) in [6.07, 6.45) is 34.5. The Balaban J connectivity index is 0. The maximum absolute atomic E-state index is 2.39. The molecule has 0 aromatic carbocycles. The van der Waals surface area contributed by atoms with Gasteiger partial charge in [0.05, 0.1) is 26.5 Å². The van der Waals surface area contributed by atoms with Gasteiger partial charge in [-0.3, -0.25) is 4.48 Å². The molecule has 0 aliphatic carbocycles. The number of nitrogens with zero attached hydrogens (tertiary/aromatic N) is 1. The number of rotatable bonds is 20. The Morgan fingerprint density at radius 2 is 0.750 bits per heavy atom. The summed E-state index contributed by atoms with van der Waals surface area (Å²) in [4.78, 5) is 0. The lowest BCUT2D eigenvalue weighted by Crippen LogP contribution is -3.00. The van der Waals surface area contributed by atoms with Crippen molar-refractivity contribution in [2.45, 2.75) is 129 Å². The molecule has 0 aliphatic rings. The van der Waals surface area contributed by atoms with Crippen molar-refractivity contribution in [2.24, 2.45) is 0 Å². The zero-order valence-electron chi connectivity index (χ0n) is 19.9. The average molecular weight is 414 g/mol. The van der Waals surface area contributed by atoms with Gasteiger partial charge >= 0.3 is 0 Å². The van der Waals surface area contributed by atoms with E-state index in [0.29, 0.717) is 0 Å². The molecule has 0 saturated carbocycles. The molecule has 2 heteroatoms. The molecule has 0 heterocycles. The molecule has 0 aliphatic heterocycles. The number of hydrogen-bond acceptors (Lipinski definition) is 0. The second-order valence-electron chi connectivity index (χ2n) is 8.93. The maximum atomic E-state index is 2.39. The summed E-state index contributed by atoms with van der Waals surface area (Å²) >= 11 is 0. The van der Waals surface area contributed by atoms with E-state index in [2.05, 4.69) is 52.5 Å². The van der Waals surface area contributed by atoms with Gasteiger partial charge in [0.2, 0.25) is 0 Å². The Bertz CT molecular complexity index is 314. The van der Waals surface area contributed by atoms with Gasteiger partial charge in [0.1, 0.15) is 0 Å². The molecule has 0 aromatic heterocycles. The third-order valence-corrected chi connectivity index (χ3v) is 5.43. The highest BCUT2D eigenvalue weighted by molar-refractivity contribution is 4.80. The zero-order chi connectivity index (χ0) is 20.1. The van der Waals surface area contributed by atoms with Crippen LogP contribution in [0.4, 0.5) is 0 Å². The lowest BCUT2D eigenvalue weighted by atomic mass is 10.1. The standard InChI is InChI=1S/C26H52N.ClH/c1-5-7-9-11-13-15-17-19-21-23-25-27(3,4)26-24-22-20-18-16-14-12-10-8-6-2;/h23-26H,5-22H2,1-4H3;1H/q+1;/p-1. The minimum absolute atomic E-state index is 0. The molecule has 0 radical (unpaired) electrons. The highest BCUT2D eigenvalue weighted by Gasteiger charge is 2.04. The van der Waals surface area contributed by atoms with Crippen molar-refractivity contribution in [3.63, 3.8) is 0 Å². The first kappa shape index (κ1) is 29.9. The second-order valence-corrected chi connectivity index (χ2v) is 8.93. The van der Waals surface area contributed by atoms with E-state index >= 15 is 0 Å². The van der Waals surface area contributed by atoms with Gasteiger partial charge in [0.25, 0.3) is 0 Å². The first-order valence-electron chi connectivity index (χ1n) is 12.3. The Morgan fingerprint density at radius 1 is 0.464 bits per heavy atom. The van der Waals surface area contributed by atoms with E-state index in [1.165, 1.54) is 116 Å². The zero-order valence-corrected chi connectivity index (χ0v) is 20.6. The van der Waals surface area contributed by atoms with E-state index in [0.717, 1.165) is 4.48 Å². The Morgan fingerprint density at radius 3 is 1.07 bits per heavy atom. The van der Waals surface area contributed by atoms with Crippen molar-refractivity contribution in [1.82, 2.24) is 0 Å². The molecule has 0 atom stereocenters. The molecule has 168 valence electrons. The molecule has 1 nitrogen and oxygen atoms in total. The summed E-state index contributed by atoms with van der Waals surface area (Å²) in [7, 11) is 4.54. The lowest BCUT2D eigenvalue weighted by Gasteiger charge is -2.19. The van der Waals surface area contributed by atoms with Crippen molar-refractivity contribution >= 4 is 0 Å². The van der Waals surface area contributed by atoms with Crippen LogP contribution in [0.1, 0.15) is 129 Å². The summed E-state index contributed by atoms with van der Waals surface area (Å²) in [5.41, 5.74) is 0. The Kier molecular flexibility index (Phi) is 24.6. The van der Waals surface area contributed by atoms with Crippen molar-refractivity contribution in [2.75, 3.05) is 14.1 Å². The summed E-state index contributed by atoms with van der Waals surface area (Å²) < 4.78 is 0.883. The summed E-state index contributed by atoms with van der Waals surface area (Å²) in [6, 6.07) is 0. The van der Waals surface area contributed by atoms with E-state index in [9.17, 15) is 0 Å². The molecule has 0 unspecified atom stereocenters. The fraction of sp³-hybridized carbons (Fsp3) is 0.846. The minimum atomic E-state index is 0. The SMILES string of the molecule is CCCCCCCCCCC=C[N+](C)(C)C=CCCCCCCCCCC.[Cl-]. The molecule has 28 heavy (non-hydrogen) atoms. The highest BCUT2D eigenvalue weighted by atomic mass is 35.5. The number of unbranched alkanes of at least 4 members (excludes halogenated alkanes) is 16. The monoisotopic (exact) mass is 413 g/mol. The van der Waals surface area contributed by atoms with E-state index in [-0.39, 0.29) is 12.4 Å². The number of quaternary nitrogens is 1. The highest BCUT2D eigenvalue weighted by Crippen LogP contribution is 2.12. The summed E-state index contributed by atoms with van der Waals surface area (Å²) in [5.74, 6) is 0. The molecule has 0 bridgehead atoms. The van der Waals surface area contributed by atoms with Crippen molar-refractivity contribution < 1.29 is 16.9 Å². The van der Waals surface area contributed by atoms with Crippen LogP contribution in [0.3, 0.4) is 0 Å². The smallest absolute Gasteiger partial charge is 0.0959 e. The van der Waals surface area contributed by atoms with E-state index < -0.39 is 0 Å². The Hall–Kier alpha value is -0.270. The van der Waals surface area contributed by atoms with Crippen LogP contribution in [0.25, 0.3) is 0 Å². The number of allylic oxidation sites excluding steroid dienone is 2. The third kappa shape index (κ3) is 23.8. The number of hydrogen-bond donors (Lipinski definition) is 0. The van der Waals surface area contributed by atoms with Crippen LogP contribution in [-0.4, -0.2) is 18.6 Å². The van der Waals surface area contributed by atoms with Gasteiger partial charge in [-0.1, -0.05) is 104 Å². The van der Waals surface area contributed by atoms with Gasteiger partial charge < -0.3 is 12.4 Å². The largest absolute Gasteiger partial charge is 1.00 e. The quantitative estimate of drug-likeness (QED) is 0.166. The van der Waals surface area contributed by atoms with E-state index in [1.807, 2.05) is 0 Å². The average Bonchev–Trinajstić information content (AvgIpc) is 2.64. The van der Waals surface area contributed by atoms with Crippen LogP contribution < -0.4 is 12.4 Å². The molecule has 0 fully saturated rings. The van der Waals surface area contributed by atoms with Crippen LogP contribution >= 0.6 is 0 Å². The predicted octanol–water partition coefficient (Wildman–Crippen LogP) is 6.16. The van der Waals surface area contributed by atoms with Gasteiger partial charge in [0, 0.05) is 0 Å². The van der Waals surface area contributed by atoms with Gasteiger partial charge in [-0.25, -0.2) is 0 Å². The second kappa shape index (κ2) is 23.0. The van der Waals surface area contributed by atoms with Crippen LogP contribution in [-0.2, 0) is 0 Å². The topological polar surface area (TPSA) is 0 Å². The molecule has 0 spiro atoms. The normalized spacial score (nSPS) is 12.1. The maximum Gasteiger partial charge on any atom is 0.0959 e. The van der Waals surface area contributed by atoms with Crippen LogP contribution in [0.2, 0.25) is 0 Å². The molecule has 0 amide bonds. The molecule has 0 rings (SSSR count). The van der Waals surface area contributed by atoms with E-state index in [4.69, 9.17) is 0 Å². The summed E-state index contributed by atoms with van der Waals surface area (Å²) in [6.45, 7) is 4.58. The van der Waals surface area contributed by atoms with Crippen LogP contribution in [0.15, 0.2) is 24.6 Å². The van der Waals surface area contributed by atoms with Gasteiger partial charge in [-0.05, 0) is 37.8 Å². The molecular weight excluding hydrogens is 362 g/mol. The van der Waals surface area contributed by atoms with Crippen LogP contribution in [0.5, 0.6) is 0 Å². The first-order valence-corrected chi connectivity index (χ1v) is 12.3. The van der Waals surface area contributed by atoms with Gasteiger partial charge in [0.15, 0.2) is 0 Å². The Labute approximate surface area is 185 Å². The number of halogens is 1. The predicted molar refractivity (Wildman–Crippen MR) is 125 cm³/mol. The molecule has 0 saturated heterocycles. The van der Waals surface area contributed by atoms with Crippen molar-refractivity contribution in [3.8, 4) is 0 Å². The van der Waals surface area contributed by atoms with Crippen molar-refractivity contribution in [1.29, 1.82) is 0 Å². The van der Waals surface area contributed by atoms with Gasteiger partial charge in [-0.2, -0.15) is 0 Å².